The lowest BCUT2D eigenvalue weighted by Crippen LogP contribution is -2.48. The van der Waals surface area contributed by atoms with Crippen LogP contribution < -0.4 is 44.7 Å². The highest BCUT2D eigenvalue weighted by Gasteiger charge is 2.32. The molecule has 0 aliphatic carbocycles. The smallest absolute Gasteiger partial charge is 0.320 e. The fourth-order valence-electron chi connectivity index (χ4n) is 9.63. The van der Waals surface area contributed by atoms with E-state index in [-0.39, 0.29) is 52.9 Å². The molecule has 6 aromatic rings. The Kier molecular flexibility index (Phi) is 15.3. The number of fused-ring (bicyclic) bond motifs is 2. The van der Waals surface area contributed by atoms with Gasteiger partial charge in [0.1, 0.15) is 47.4 Å². The molecular formula is C49H58F4N12O8S. The minimum Gasteiger partial charge on any atom is -0.495 e. The van der Waals surface area contributed by atoms with E-state index >= 15 is 0 Å². The van der Waals surface area contributed by atoms with Gasteiger partial charge in [-0.15, -0.1) is 0 Å². The van der Waals surface area contributed by atoms with Crippen LogP contribution >= 0.6 is 0 Å². The minimum atomic E-state index is -3.25. The number of alkyl halides is 4. The van der Waals surface area contributed by atoms with Gasteiger partial charge >= 0.3 is 13.1 Å². The number of anilines is 2. The fourth-order valence-corrected chi connectivity index (χ4v) is 10.5. The highest BCUT2D eigenvalue weighted by Crippen LogP contribution is 2.39. The monoisotopic (exact) mass is 1050 g/mol. The summed E-state index contributed by atoms with van der Waals surface area (Å²) in [6.07, 6.45) is 3.09. The van der Waals surface area contributed by atoms with Crippen LogP contribution in [0.1, 0.15) is 39.8 Å². The van der Waals surface area contributed by atoms with Gasteiger partial charge in [0.2, 0.25) is 33.6 Å². The third kappa shape index (κ3) is 11.1. The number of pyridine rings is 2. The molecule has 4 aromatic heterocycles. The molecule has 4 atom stereocenters. The van der Waals surface area contributed by atoms with Crippen LogP contribution in [0.3, 0.4) is 0 Å². The Bertz CT molecular complexity index is 3130. The molecule has 2 aromatic carbocycles. The van der Waals surface area contributed by atoms with Gasteiger partial charge in [-0.25, -0.2) is 28.4 Å². The Morgan fingerprint density at radius 3 is 1.45 bits per heavy atom. The molecule has 2 amide bonds. The number of piperazine rings is 2. The Morgan fingerprint density at radius 1 is 0.635 bits per heavy atom. The molecule has 0 unspecified atom stereocenters. The summed E-state index contributed by atoms with van der Waals surface area (Å²) in [5.41, 5.74) is 5.04. The molecule has 0 spiro atoms. The van der Waals surface area contributed by atoms with E-state index in [0.29, 0.717) is 89.7 Å². The summed E-state index contributed by atoms with van der Waals surface area (Å²) in [7, 11) is -0.0832. The van der Waals surface area contributed by atoms with Crippen LogP contribution in [0.25, 0.3) is 44.6 Å². The molecule has 25 heteroatoms. The SMILES string of the molecule is COc1cc(-c2cc3ncn(C(F)F)c3c(O[C@H](C)[C@H]3CNC(=O)C3)n2)ccc1N1CCN(S(C)(=O)=O)CC1.COc1cc(-c2cc3ncn(C(F)F)c3c(O[C@H](C)[C@H]3CNC(=O)C3)n2)ccc1N1CCNCC1. The van der Waals surface area contributed by atoms with Gasteiger partial charge in [-0.2, -0.15) is 21.9 Å². The number of benzene rings is 2. The number of nitrogens with one attached hydrogen (secondary N) is 3. The predicted octanol–water partition coefficient (Wildman–Crippen LogP) is 5.30. The van der Waals surface area contributed by atoms with Crippen molar-refractivity contribution < 1.29 is 54.5 Å². The second-order valence-electron chi connectivity index (χ2n) is 18.6. The number of aromatic nitrogens is 6. The number of hydrogen-bond acceptors (Lipinski definition) is 15. The van der Waals surface area contributed by atoms with Crippen LogP contribution in [0.15, 0.2) is 61.2 Å². The van der Waals surface area contributed by atoms with Gasteiger partial charge in [0.05, 0.1) is 54.3 Å². The number of carbonyl (C=O) groups is 2. The van der Waals surface area contributed by atoms with Crippen molar-refractivity contribution in [3.05, 3.63) is 61.2 Å². The van der Waals surface area contributed by atoms with E-state index in [9.17, 15) is 35.6 Å². The van der Waals surface area contributed by atoms with E-state index in [1.54, 1.807) is 39.3 Å². The van der Waals surface area contributed by atoms with Crippen LogP contribution in [0.2, 0.25) is 0 Å². The third-order valence-corrected chi connectivity index (χ3v) is 15.2. The topological polar surface area (TPSA) is 212 Å². The van der Waals surface area contributed by atoms with E-state index < -0.39 is 35.3 Å². The van der Waals surface area contributed by atoms with Crippen molar-refractivity contribution in [1.82, 2.24) is 49.3 Å². The molecule has 10 rings (SSSR count). The molecule has 4 aliphatic heterocycles. The zero-order valence-corrected chi connectivity index (χ0v) is 42.3. The normalized spacial score (nSPS) is 19.4. The Hall–Kier alpha value is -6.99. The van der Waals surface area contributed by atoms with Gasteiger partial charge in [-0.3, -0.25) is 18.7 Å². The van der Waals surface area contributed by atoms with Gasteiger partial charge in [-0.05, 0) is 50.2 Å². The molecule has 8 heterocycles. The lowest BCUT2D eigenvalue weighted by molar-refractivity contribution is -0.120. The van der Waals surface area contributed by atoms with Gasteiger partial charge < -0.3 is 44.7 Å². The van der Waals surface area contributed by atoms with Crippen molar-refractivity contribution >= 4 is 55.3 Å². The number of ether oxygens (including phenoxy) is 4. The second kappa shape index (κ2) is 21.8. The summed E-state index contributed by atoms with van der Waals surface area (Å²) >= 11 is 0. The minimum absolute atomic E-state index is 0.00656. The van der Waals surface area contributed by atoms with E-state index in [1.807, 2.05) is 37.3 Å². The summed E-state index contributed by atoms with van der Waals surface area (Å²) in [6.45, 7) is 4.19. The lowest BCUT2D eigenvalue weighted by atomic mass is 10.0. The number of imidazole rings is 2. The zero-order valence-electron chi connectivity index (χ0n) is 41.4. The number of sulfonamides is 1. The number of hydrogen-bond donors (Lipinski definition) is 3. The van der Waals surface area contributed by atoms with Crippen LogP contribution in [-0.4, -0.2) is 152 Å². The Balaban J connectivity index is 0.000000183. The maximum Gasteiger partial charge on any atom is 0.320 e. The van der Waals surface area contributed by atoms with Gasteiger partial charge in [0, 0.05) is 101 Å². The molecule has 0 saturated carbocycles. The number of rotatable bonds is 15. The highest BCUT2D eigenvalue weighted by atomic mass is 32.2. The first-order valence-electron chi connectivity index (χ1n) is 24.2. The maximum atomic E-state index is 13.8. The van der Waals surface area contributed by atoms with E-state index in [4.69, 9.17) is 18.9 Å². The molecular weight excluding hydrogens is 993 g/mol. The first kappa shape index (κ1) is 51.9. The Labute approximate surface area is 424 Å². The van der Waals surface area contributed by atoms with E-state index in [0.717, 1.165) is 60.3 Å². The van der Waals surface area contributed by atoms with Crippen molar-refractivity contribution in [2.75, 3.05) is 95.7 Å². The number of methoxy groups -OCH3 is 2. The van der Waals surface area contributed by atoms with Gasteiger partial charge in [0.25, 0.3) is 0 Å². The third-order valence-electron chi connectivity index (χ3n) is 13.9. The Morgan fingerprint density at radius 2 is 1.07 bits per heavy atom. The standard InChI is InChI=1S/C25H30F2N6O5S.C24H28F2N6O3/c1-15(17-11-22(34)28-13-17)38-24-23-19(29-14-33(23)25(26)27)12-18(30-24)16-4-5-20(21(10-16)37-2)31-6-8-32(9-7-31)39(3,35)36;1-14(16-10-21(33)28-12-16)35-23-22-18(29-13-32(22)24(25)26)11-17(30-23)15-3-4-19(20(9-15)34-2)31-7-5-27-6-8-31/h4-5,10,12,14-15,17,25H,6-9,11,13H2,1-3H3,(H,28,34);3-4,9,11,13-14,16,24,27H,5-8,10,12H2,1-2H3,(H,28,33)/t15-,17-;14-,16-/m11/s1. The molecule has 4 saturated heterocycles. The highest BCUT2D eigenvalue weighted by molar-refractivity contribution is 7.88. The number of halogens is 4. The molecule has 20 nitrogen and oxygen atoms in total. The molecule has 3 N–H and O–H groups in total. The summed E-state index contributed by atoms with van der Waals surface area (Å²) in [6, 6.07) is 14.6. The van der Waals surface area contributed by atoms with Crippen molar-refractivity contribution in [3.63, 3.8) is 0 Å². The molecule has 0 radical (unpaired) electrons. The van der Waals surface area contributed by atoms with E-state index in [2.05, 4.69) is 45.7 Å². The summed E-state index contributed by atoms with van der Waals surface area (Å²) in [5, 5.41) is 8.88. The van der Waals surface area contributed by atoms with E-state index in [1.165, 1.54) is 10.6 Å². The van der Waals surface area contributed by atoms with Crippen molar-refractivity contribution in [1.29, 1.82) is 0 Å². The summed E-state index contributed by atoms with van der Waals surface area (Å²) in [4.78, 5) is 45.2. The zero-order chi connectivity index (χ0) is 52.4. The first-order valence-corrected chi connectivity index (χ1v) is 26.0. The van der Waals surface area contributed by atoms with Crippen molar-refractivity contribution in [3.8, 4) is 45.8 Å². The number of amides is 2. The van der Waals surface area contributed by atoms with Crippen LogP contribution in [0.4, 0.5) is 28.9 Å². The lowest BCUT2D eigenvalue weighted by Gasteiger charge is -2.35. The summed E-state index contributed by atoms with van der Waals surface area (Å²) in [5.74, 6) is 1.01. The molecule has 74 heavy (non-hydrogen) atoms. The second-order valence-corrected chi connectivity index (χ2v) is 20.5. The molecule has 396 valence electrons. The number of carbonyl (C=O) groups excluding carboxylic acids is 2. The average Bonchev–Trinajstić information content (AvgIpc) is 4.23. The largest absolute Gasteiger partial charge is 0.495 e. The summed E-state index contributed by atoms with van der Waals surface area (Å²) < 4.78 is 105. The number of nitrogens with zero attached hydrogens (tertiary/aromatic N) is 9. The van der Waals surface area contributed by atoms with Crippen LogP contribution in [0, 0.1) is 11.8 Å². The quantitative estimate of drug-likeness (QED) is 0.111. The molecule has 0 bridgehead atoms. The molecule has 4 aliphatic rings. The predicted molar refractivity (Wildman–Crippen MR) is 268 cm³/mol. The average molecular weight is 1050 g/mol. The first-order chi connectivity index (χ1) is 35.5. The van der Waals surface area contributed by atoms with Crippen molar-refractivity contribution in [2.24, 2.45) is 11.8 Å². The van der Waals surface area contributed by atoms with Crippen LogP contribution in [0.5, 0.6) is 23.3 Å². The van der Waals surface area contributed by atoms with Crippen molar-refractivity contribution in [2.45, 2.75) is 52.0 Å². The van der Waals surface area contributed by atoms with Gasteiger partial charge in [-0.1, -0.05) is 12.1 Å². The molecule has 4 fully saturated rings. The van der Waals surface area contributed by atoms with Gasteiger partial charge in [0.15, 0.2) is 0 Å². The van der Waals surface area contributed by atoms with Crippen LogP contribution in [-0.2, 0) is 19.6 Å². The maximum absolute atomic E-state index is 13.8. The fraction of sp³-hybridized carbons (Fsp3) is 0.469.